The Morgan fingerprint density at radius 1 is 1.61 bits per heavy atom. The standard InChI is InChI=1S/C15H19ClN4O2S/c1-4-19(15(21)11(2)10-23-3)13-9-20(17-14(13)16)12-6-5-7-18(22)8-12/h5-9,11H,4,10H2,1-3H3. The molecule has 0 aliphatic rings. The third-order valence-corrected chi connectivity index (χ3v) is 4.49. The fourth-order valence-electron chi connectivity index (χ4n) is 2.27. The van der Waals surface area contributed by atoms with Gasteiger partial charge in [-0.25, -0.2) is 4.68 Å². The summed E-state index contributed by atoms with van der Waals surface area (Å²) in [7, 11) is 0. The topological polar surface area (TPSA) is 65.1 Å². The van der Waals surface area contributed by atoms with E-state index >= 15 is 0 Å². The molecule has 23 heavy (non-hydrogen) atoms. The highest BCUT2D eigenvalue weighted by Gasteiger charge is 2.24. The number of hydrogen-bond donors (Lipinski definition) is 0. The van der Waals surface area contributed by atoms with Crippen LogP contribution in [0.2, 0.25) is 5.15 Å². The minimum absolute atomic E-state index is 0.00949. The minimum Gasteiger partial charge on any atom is -0.619 e. The van der Waals surface area contributed by atoms with Crippen LogP contribution in [0.4, 0.5) is 5.69 Å². The van der Waals surface area contributed by atoms with Crippen LogP contribution >= 0.6 is 23.4 Å². The summed E-state index contributed by atoms with van der Waals surface area (Å²) in [6, 6.07) is 3.37. The Balaban J connectivity index is 2.33. The van der Waals surface area contributed by atoms with E-state index in [1.807, 2.05) is 20.1 Å². The molecule has 0 N–H and O–H groups in total. The first-order chi connectivity index (χ1) is 11.0. The first-order valence-electron chi connectivity index (χ1n) is 7.22. The Hall–Kier alpha value is -1.73. The lowest BCUT2D eigenvalue weighted by Gasteiger charge is -2.23. The normalized spacial score (nSPS) is 12.2. The summed E-state index contributed by atoms with van der Waals surface area (Å²) in [5, 5.41) is 15.8. The highest BCUT2D eigenvalue weighted by Crippen LogP contribution is 2.27. The van der Waals surface area contributed by atoms with E-state index in [4.69, 9.17) is 11.6 Å². The van der Waals surface area contributed by atoms with Crippen molar-refractivity contribution in [3.63, 3.8) is 0 Å². The van der Waals surface area contributed by atoms with Crippen LogP contribution in [0, 0.1) is 11.1 Å². The zero-order valence-electron chi connectivity index (χ0n) is 13.3. The van der Waals surface area contributed by atoms with Gasteiger partial charge in [-0.1, -0.05) is 18.5 Å². The number of thioether (sulfide) groups is 1. The second-order valence-electron chi connectivity index (χ2n) is 5.11. The Morgan fingerprint density at radius 3 is 2.96 bits per heavy atom. The number of pyridine rings is 1. The maximum atomic E-state index is 12.6. The molecule has 0 bridgehead atoms. The molecule has 2 rings (SSSR count). The fraction of sp³-hybridized carbons (Fsp3) is 0.400. The summed E-state index contributed by atoms with van der Waals surface area (Å²) in [6.45, 7) is 4.29. The van der Waals surface area contributed by atoms with E-state index in [0.29, 0.717) is 22.6 Å². The molecule has 0 spiro atoms. The minimum atomic E-state index is -0.107. The van der Waals surface area contributed by atoms with Crippen LogP contribution in [0.1, 0.15) is 13.8 Å². The molecule has 124 valence electrons. The number of anilines is 1. The number of hydrogen-bond acceptors (Lipinski definition) is 4. The molecule has 0 saturated heterocycles. The zero-order valence-corrected chi connectivity index (χ0v) is 14.8. The molecule has 0 aliphatic carbocycles. The van der Waals surface area contributed by atoms with Crippen LogP contribution < -0.4 is 9.63 Å². The summed E-state index contributed by atoms with van der Waals surface area (Å²) in [5.41, 5.74) is 1.13. The van der Waals surface area contributed by atoms with E-state index < -0.39 is 0 Å². The largest absolute Gasteiger partial charge is 0.619 e. The van der Waals surface area contributed by atoms with Crippen molar-refractivity contribution in [2.24, 2.45) is 5.92 Å². The van der Waals surface area contributed by atoms with E-state index in [1.165, 1.54) is 17.1 Å². The van der Waals surface area contributed by atoms with Crippen molar-refractivity contribution in [3.05, 3.63) is 41.1 Å². The first kappa shape index (κ1) is 17.6. The molecule has 0 aliphatic heterocycles. The molecule has 0 radical (unpaired) electrons. The van der Waals surface area contributed by atoms with Crippen molar-refractivity contribution in [1.29, 1.82) is 0 Å². The molecule has 1 amide bonds. The number of nitrogens with zero attached hydrogens (tertiary/aromatic N) is 4. The lowest BCUT2D eigenvalue weighted by Crippen LogP contribution is -2.36. The van der Waals surface area contributed by atoms with E-state index in [9.17, 15) is 10.0 Å². The fourth-order valence-corrected chi connectivity index (χ4v) is 3.14. The number of carbonyl (C=O) groups excluding carboxylic acids is 1. The maximum Gasteiger partial charge on any atom is 0.230 e. The molecule has 0 aromatic carbocycles. The van der Waals surface area contributed by atoms with Gasteiger partial charge in [-0.05, 0) is 19.2 Å². The Labute approximate surface area is 144 Å². The van der Waals surface area contributed by atoms with Crippen LogP contribution in [0.15, 0.2) is 30.7 Å². The van der Waals surface area contributed by atoms with Gasteiger partial charge in [-0.15, -0.1) is 0 Å². The van der Waals surface area contributed by atoms with Crippen LogP contribution in [0.5, 0.6) is 0 Å². The lowest BCUT2D eigenvalue weighted by atomic mass is 10.2. The van der Waals surface area contributed by atoms with Crippen molar-refractivity contribution in [2.75, 3.05) is 23.5 Å². The highest BCUT2D eigenvalue weighted by atomic mass is 35.5. The highest BCUT2D eigenvalue weighted by molar-refractivity contribution is 7.98. The van der Waals surface area contributed by atoms with Gasteiger partial charge in [0.05, 0.1) is 6.20 Å². The van der Waals surface area contributed by atoms with Crippen molar-refractivity contribution in [1.82, 2.24) is 9.78 Å². The molecular formula is C15H19ClN4O2S. The predicted octanol–water partition coefficient (Wildman–Crippen LogP) is 2.51. The van der Waals surface area contributed by atoms with Gasteiger partial charge in [-0.3, -0.25) is 4.79 Å². The summed E-state index contributed by atoms with van der Waals surface area (Å²) in [5.74, 6) is 0.649. The molecule has 2 heterocycles. The summed E-state index contributed by atoms with van der Waals surface area (Å²) in [6.07, 6.45) is 6.42. The van der Waals surface area contributed by atoms with Crippen LogP contribution in [0.25, 0.3) is 5.69 Å². The van der Waals surface area contributed by atoms with Gasteiger partial charge in [0.25, 0.3) is 0 Å². The molecule has 8 heteroatoms. The average Bonchev–Trinajstić information content (AvgIpc) is 2.90. The van der Waals surface area contributed by atoms with E-state index in [2.05, 4.69) is 5.10 Å². The average molecular weight is 355 g/mol. The van der Waals surface area contributed by atoms with Gasteiger partial charge in [-0.2, -0.15) is 21.6 Å². The van der Waals surface area contributed by atoms with Gasteiger partial charge in [0.2, 0.25) is 12.1 Å². The SMILES string of the molecule is CCN(C(=O)C(C)CSC)c1cn(-c2ccc[n+]([O-])c2)nc1Cl. The van der Waals surface area contributed by atoms with Crippen molar-refractivity contribution < 1.29 is 9.52 Å². The zero-order chi connectivity index (χ0) is 17.0. The second-order valence-corrected chi connectivity index (χ2v) is 6.38. The lowest BCUT2D eigenvalue weighted by molar-refractivity contribution is -0.605. The van der Waals surface area contributed by atoms with Crippen molar-refractivity contribution in [2.45, 2.75) is 13.8 Å². The summed E-state index contributed by atoms with van der Waals surface area (Å²) in [4.78, 5) is 14.2. The molecule has 2 aromatic heterocycles. The van der Waals surface area contributed by atoms with E-state index in [-0.39, 0.29) is 17.0 Å². The van der Waals surface area contributed by atoms with Crippen LogP contribution in [-0.2, 0) is 4.79 Å². The van der Waals surface area contributed by atoms with Crippen molar-refractivity contribution >= 4 is 35.0 Å². The molecule has 1 unspecified atom stereocenters. The van der Waals surface area contributed by atoms with Crippen LogP contribution in [-0.4, -0.2) is 34.2 Å². The Morgan fingerprint density at radius 2 is 2.35 bits per heavy atom. The molecule has 2 aromatic rings. The molecular weight excluding hydrogens is 336 g/mol. The van der Waals surface area contributed by atoms with Crippen LogP contribution in [0.3, 0.4) is 0 Å². The van der Waals surface area contributed by atoms with Gasteiger partial charge >= 0.3 is 0 Å². The van der Waals surface area contributed by atoms with Gasteiger partial charge in [0.15, 0.2) is 11.3 Å². The monoisotopic (exact) mass is 354 g/mol. The van der Waals surface area contributed by atoms with Gasteiger partial charge < -0.3 is 10.1 Å². The first-order valence-corrected chi connectivity index (χ1v) is 8.99. The Bertz CT molecular complexity index is 692. The van der Waals surface area contributed by atoms with Gasteiger partial charge in [0.1, 0.15) is 11.4 Å². The number of amides is 1. The maximum absolute atomic E-state index is 12.6. The number of aromatic nitrogens is 3. The molecule has 1 atom stereocenters. The molecule has 0 fully saturated rings. The summed E-state index contributed by atoms with van der Waals surface area (Å²) < 4.78 is 2.19. The Kier molecular flexibility index (Phi) is 5.90. The quantitative estimate of drug-likeness (QED) is 0.590. The predicted molar refractivity (Wildman–Crippen MR) is 93.1 cm³/mol. The number of rotatable bonds is 6. The summed E-state index contributed by atoms with van der Waals surface area (Å²) >= 11 is 7.85. The number of carbonyl (C=O) groups is 1. The number of halogens is 1. The van der Waals surface area contributed by atoms with Gasteiger partial charge in [0, 0.05) is 24.3 Å². The van der Waals surface area contributed by atoms with Crippen molar-refractivity contribution in [3.8, 4) is 5.69 Å². The smallest absolute Gasteiger partial charge is 0.230 e. The second kappa shape index (κ2) is 7.70. The van der Waals surface area contributed by atoms with E-state index in [1.54, 1.807) is 35.0 Å². The third kappa shape index (κ3) is 3.97. The third-order valence-electron chi connectivity index (χ3n) is 3.39. The molecule has 0 saturated carbocycles. The van der Waals surface area contributed by atoms with E-state index in [0.717, 1.165) is 5.75 Å². The molecule has 6 nitrogen and oxygen atoms in total.